The third-order valence-electron chi connectivity index (χ3n) is 3.00. The Hall–Kier alpha value is -1.82. The van der Waals surface area contributed by atoms with Crippen LogP contribution in [0.5, 0.6) is 0 Å². The predicted octanol–water partition coefficient (Wildman–Crippen LogP) is 2.94. The molecule has 0 unspecified atom stereocenters. The average molecular weight is 291 g/mol. The highest BCUT2D eigenvalue weighted by Crippen LogP contribution is 2.27. The summed E-state index contributed by atoms with van der Waals surface area (Å²) in [5.41, 5.74) is 5.77. The van der Waals surface area contributed by atoms with E-state index in [-0.39, 0.29) is 11.4 Å². The Morgan fingerprint density at radius 3 is 2.55 bits per heavy atom. The minimum atomic E-state index is 0.0478. The number of hydrogen-bond acceptors (Lipinski definition) is 6. The fraction of sp³-hybridized carbons (Fsp3) is 0.429. The quantitative estimate of drug-likeness (QED) is 0.763. The maximum atomic E-state index is 5.72. The zero-order chi connectivity index (χ0) is 14.6. The van der Waals surface area contributed by atoms with E-state index in [1.807, 2.05) is 13.0 Å². The number of nitrogens with zero attached hydrogens (tertiary/aromatic N) is 2. The lowest BCUT2D eigenvalue weighted by atomic mass is 9.91. The summed E-state index contributed by atoms with van der Waals surface area (Å²) >= 11 is 1.77. The maximum absolute atomic E-state index is 5.72. The minimum Gasteiger partial charge on any atom is -0.370 e. The van der Waals surface area contributed by atoms with Crippen LogP contribution in [0.25, 0.3) is 0 Å². The molecule has 0 spiro atoms. The van der Waals surface area contributed by atoms with Crippen molar-refractivity contribution in [2.75, 3.05) is 29.5 Å². The van der Waals surface area contributed by atoms with Crippen molar-refractivity contribution in [1.82, 2.24) is 9.97 Å². The summed E-state index contributed by atoms with van der Waals surface area (Å²) in [6.45, 7) is 8.03. The molecule has 2 aromatic rings. The summed E-state index contributed by atoms with van der Waals surface area (Å²) in [5.74, 6) is 1.77. The van der Waals surface area contributed by atoms with Crippen molar-refractivity contribution in [1.29, 1.82) is 0 Å². The molecular weight excluding hydrogens is 270 g/mol. The van der Waals surface area contributed by atoms with Gasteiger partial charge in [-0.15, -0.1) is 11.3 Å². The first-order valence-corrected chi connectivity index (χ1v) is 7.55. The van der Waals surface area contributed by atoms with Crippen LogP contribution >= 0.6 is 11.3 Å². The summed E-state index contributed by atoms with van der Waals surface area (Å²) in [5, 5.41) is 8.59. The summed E-state index contributed by atoms with van der Waals surface area (Å²) in [6, 6.07) is 6.11. The molecule has 0 aromatic carbocycles. The number of nitrogens with one attached hydrogen (secondary N) is 2. The van der Waals surface area contributed by atoms with Gasteiger partial charge in [0.15, 0.2) is 0 Å². The monoisotopic (exact) mass is 291 g/mol. The van der Waals surface area contributed by atoms with E-state index in [4.69, 9.17) is 5.73 Å². The van der Waals surface area contributed by atoms with E-state index in [9.17, 15) is 0 Å². The molecule has 5 nitrogen and oxygen atoms in total. The zero-order valence-electron chi connectivity index (χ0n) is 12.1. The van der Waals surface area contributed by atoms with Crippen LogP contribution in [0, 0.1) is 0 Å². The molecule has 0 radical (unpaired) electrons. The Balaban J connectivity index is 2.07. The molecule has 0 amide bonds. The van der Waals surface area contributed by atoms with Crippen molar-refractivity contribution >= 4 is 28.9 Å². The molecule has 2 heterocycles. The molecule has 6 heteroatoms. The molecule has 2 rings (SSSR count). The highest BCUT2D eigenvalue weighted by molar-refractivity contribution is 7.10. The second-order valence-electron chi connectivity index (χ2n) is 5.24. The Bertz CT molecular complexity index is 551. The van der Waals surface area contributed by atoms with Gasteiger partial charge in [-0.05, 0) is 18.4 Å². The number of nitrogens with two attached hydrogens (primary N) is 1. The molecule has 2 aromatic heterocycles. The van der Waals surface area contributed by atoms with Gasteiger partial charge in [0.25, 0.3) is 0 Å². The van der Waals surface area contributed by atoms with Gasteiger partial charge in [0.1, 0.15) is 11.6 Å². The molecule has 0 saturated heterocycles. The molecule has 0 aliphatic heterocycles. The van der Waals surface area contributed by atoms with Crippen LogP contribution in [0.15, 0.2) is 23.6 Å². The van der Waals surface area contributed by atoms with Crippen LogP contribution in [0.2, 0.25) is 0 Å². The molecule has 20 heavy (non-hydrogen) atoms. The van der Waals surface area contributed by atoms with Crippen molar-refractivity contribution < 1.29 is 0 Å². The van der Waals surface area contributed by atoms with Gasteiger partial charge in [0.2, 0.25) is 5.95 Å². The van der Waals surface area contributed by atoms with E-state index >= 15 is 0 Å². The van der Waals surface area contributed by atoms with Gasteiger partial charge < -0.3 is 16.4 Å². The fourth-order valence-electron chi connectivity index (χ4n) is 1.89. The predicted molar refractivity (Wildman–Crippen MR) is 86.4 cm³/mol. The normalized spacial score (nSPS) is 11.3. The SMILES string of the molecule is CCNc1cc(NCC(C)(C)c2cccs2)nc(N)n1. The van der Waals surface area contributed by atoms with Gasteiger partial charge in [-0.2, -0.15) is 9.97 Å². The van der Waals surface area contributed by atoms with E-state index in [0.717, 1.165) is 24.7 Å². The smallest absolute Gasteiger partial charge is 0.223 e. The van der Waals surface area contributed by atoms with E-state index < -0.39 is 0 Å². The number of thiophene rings is 1. The Labute approximate surface area is 123 Å². The topological polar surface area (TPSA) is 75.9 Å². The standard InChI is InChI=1S/C14H21N5S/c1-4-16-11-8-12(19-13(15)18-11)17-9-14(2,3)10-6-5-7-20-10/h5-8H,4,9H2,1-3H3,(H4,15,16,17,18,19). The molecule has 108 valence electrons. The minimum absolute atomic E-state index is 0.0478. The number of nitrogen functional groups attached to an aromatic ring is 1. The largest absolute Gasteiger partial charge is 0.370 e. The van der Waals surface area contributed by atoms with Crippen molar-refractivity contribution in [3.63, 3.8) is 0 Å². The third kappa shape index (κ3) is 3.60. The third-order valence-corrected chi connectivity index (χ3v) is 4.24. The number of hydrogen-bond donors (Lipinski definition) is 3. The highest BCUT2D eigenvalue weighted by Gasteiger charge is 2.21. The van der Waals surface area contributed by atoms with Gasteiger partial charge >= 0.3 is 0 Å². The van der Waals surface area contributed by atoms with Gasteiger partial charge in [-0.3, -0.25) is 0 Å². The highest BCUT2D eigenvalue weighted by atomic mass is 32.1. The zero-order valence-corrected chi connectivity index (χ0v) is 12.9. The van der Waals surface area contributed by atoms with Crippen molar-refractivity contribution in [3.05, 3.63) is 28.5 Å². The molecule has 4 N–H and O–H groups in total. The Morgan fingerprint density at radius 1 is 1.25 bits per heavy atom. The maximum Gasteiger partial charge on any atom is 0.223 e. The molecule has 0 fully saturated rings. The fourth-order valence-corrected chi connectivity index (χ4v) is 2.74. The first-order valence-electron chi connectivity index (χ1n) is 6.67. The molecule has 0 bridgehead atoms. The summed E-state index contributed by atoms with van der Waals surface area (Å²) < 4.78 is 0. The van der Waals surface area contributed by atoms with Gasteiger partial charge in [0.05, 0.1) is 0 Å². The lowest BCUT2D eigenvalue weighted by Crippen LogP contribution is -2.27. The van der Waals surface area contributed by atoms with Crippen LogP contribution in [0.1, 0.15) is 25.6 Å². The summed E-state index contributed by atoms with van der Waals surface area (Å²) in [7, 11) is 0. The van der Waals surface area contributed by atoms with Crippen molar-refractivity contribution in [3.8, 4) is 0 Å². The molecule has 0 aliphatic carbocycles. The molecule has 0 saturated carbocycles. The molecular formula is C14H21N5S. The van der Waals surface area contributed by atoms with Crippen molar-refractivity contribution in [2.24, 2.45) is 0 Å². The Kier molecular flexibility index (Phi) is 4.44. The van der Waals surface area contributed by atoms with E-state index in [2.05, 4.69) is 52.0 Å². The van der Waals surface area contributed by atoms with Crippen LogP contribution in [0.4, 0.5) is 17.6 Å². The van der Waals surface area contributed by atoms with Crippen LogP contribution in [-0.4, -0.2) is 23.1 Å². The van der Waals surface area contributed by atoms with Crippen LogP contribution in [-0.2, 0) is 5.41 Å². The second-order valence-corrected chi connectivity index (χ2v) is 6.19. The number of rotatable bonds is 6. The first kappa shape index (κ1) is 14.6. The molecule has 0 atom stereocenters. The Morgan fingerprint density at radius 2 is 1.95 bits per heavy atom. The van der Waals surface area contributed by atoms with E-state index in [0.29, 0.717) is 0 Å². The van der Waals surface area contributed by atoms with Crippen LogP contribution < -0.4 is 16.4 Å². The van der Waals surface area contributed by atoms with Gasteiger partial charge in [-0.25, -0.2) is 0 Å². The first-order chi connectivity index (χ1) is 9.51. The van der Waals surface area contributed by atoms with Crippen LogP contribution in [0.3, 0.4) is 0 Å². The number of anilines is 3. The summed E-state index contributed by atoms with van der Waals surface area (Å²) in [6.07, 6.45) is 0. The number of aromatic nitrogens is 2. The van der Waals surface area contributed by atoms with Gasteiger partial charge in [-0.1, -0.05) is 19.9 Å². The summed E-state index contributed by atoms with van der Waals surface area (Å²) in [4.78, 5) is 9.70. The lowest BCUT2D eigenvalue weighted by Gasteiger charge is -2.24. The molecule has 0 aliphatic rings. The van der Waals surface area contributed by atoms with Crippen molar-refractivity contribution in [2.45, 2.75) is 26.2 Å². The second kappa shape index (κ2) is 6.09. The lowest BCUT2D eigenvalue weighted by molar-refractivity contribution is 0.568. The average Bonchev–Trinajstić information content (AvgIpc) is 2.91. The van der Waals surface area contributed by atoms with E-state index in [1.54, 1.807) is 11.3 Å². The van der Waals surface area contributed by atoms with E-state index in [1.165, 1.54) is 4.88 Å². The van der Waals surface area contributed by atoms with Gasteiger partial charge in [0, 0.05) is 29.4 Å².